The van der Waals surface area contributed by atoms with Gasteiger partial charge in [-0.3, -0.25) is 9.78 Å². The van der Waals surface area contributed by atoms with Crippen molar-refractivity contribution in [3.63, 3.8) is 0 Å². The van der Waals surface area contributed by atoms with Gasteiger partial charge in [0.2, 0.25) is 0 Å². The van der Waals surface area contributed by atoms with Gasteiger partial charge < -0.3 is 23.7 Å². The fourth-order valence-corrected chi connectivity index (χ4v) is 9.21. The van der Waals surface area contributed by atoms with Crippen molar-refractivity contribution < 1.29 is 33.3 Å². The van der Waals surface area contributed by atoms with E-state index >= 15 is 0 Å². The van der Waals surface area contributed by atoms with Crippen LogP contribution in [0.15, 0.2) is 82.3 Å². The zero-order valence-corrected chi connectivity index (χ0v) is 27.9. The van der Waals surface area contributed by atoms with E-state index in [0.29, 0.717) is 17.5 Å². The van der Waals surface area contributed by atoms with Crippen LogP contribution in [0.2, 0.25) is 0 Å². The number of hydrogen-bond acceptors (Lipinski definition) is 9. The van der Waals surface area contributed by atoms with Gasteiger partial charge in [0.1, 0.15) is 28.8 Å². The molecule has 9 nitrogen and oxygen atoms in total. The van der Waals surface area contributed by atoms with Crippen molar-refractivity contribution in [1.82, 2.24) is 4.98 Å². The SMILES string of the molecule is CC(=O)OCC1(C)C2C[C@H](OC(=O)c3ccc4ccccc4c3)[C@@]3(C)Oc4cc(-c5cccnc5)oc(=O)c4[C@H](O)C3[C@@]2(C)CC[C@@H]1C. The summed E-state index contributed by atoms with van der Waals surface area (Å²) in [4.78, 5) is 43.9. The molecule has 0 radical (unpaired) electrons. The highest BCUT2D eigenvalue weighted by molar-refractivity contribution is 5.95. The number of ether oxygens (including phenoxy) is 3. The zero-order chi connectivity index (χ0) is 34.0. The fraction of sp³-hybridized carbons (Fsp3) is 0.436. The number of esters is 2. The summed E-state index contributed by atoms with van der Waals surface area (Å²) in [6, 6.07) is 18.4. The topological polar surface area (TPSA) is 125 Å². The number of hydrogen-bond donors (Lipinski definition) is 1. The molecule has 2 aliphatic carbocycles. The van der Waals surface area contributed by atoms with E-state index in [2.05, 4.69) is 25.8 Å². The minimum atomic E-state index is -1.28. The Morgan fingerprint density at radius 2 is 1.81 bits per heavy atom. The number of aliphatic hydroxyl groups excluding tert-OH is 1. The Balaban J connectivity index is 1.35. The second-order valence-electron chi connectivity index (χ2n) is 14.6. The fourth-order valence-electron chi connectivity index (χ4n) is 9.21. The van der Waals surface area contributed by atoms with E-state index in [9.17, 15) is 19.5 Å². The first-order valence-electron chi connectivity index (χ1n) is 16.6. The average molecular weight is 652 g/mol. The van der Waals surface area contributed by atoms with E-state index in [-0.39, 0.29) is 41.5 Å². The molecule has 0 spiro atoms. The van der Waals surface area contributed by atoms with Crippen LogP contribution in [0.3, 0.4) is 0 Å². The number of aliphatic hydroxyl groups is 1. The third kappa shape index (κ3) is 5.02. The van der Waals surface area contributed by atoms with Crippen molar-refractivity contribution in [2.24, 2.45) is 28.6 Å². The lowest BCUT2D eigenvalue weighted by molar-refractivity contribution is -0.257. The second-order valence-corrected chi connectivity index (χ2v) is 14.6. The van der Waals surface area contributed by atoms with Gasteiger partial charge in [-0.1, -0.05) is 51.1 Å². The maximum Gasteiger partial charge on any atom is 0.345 e. The molecule has 1 N–H and O–H groups in total. The lowest BCUT2D eigenvalue weighted by Gasteiger charge is -2.66. The lowest BCUT2D eigenvalue weighted by atomic mass is 9.41. The molecule has 0 saturated heterocycles. The first-order chi connectivity index (χ1) is 22.8. The van der Waals surface area contributed by atoms with Gasteiger partial charge >= 0.3 is 17.6 Å². The van der Waals surface area contributed by atoms with Crippen LogP contribution in [-0.4, -0.2) is 40.3 Å². The van der Waals surface area contributed by atoms with Gasteiger partial charge in [-0.25, -0.2) is 9.59 Å². The molecule has 2 aromatic carbocycles. The Morgan fingerprint density at radius 1 is 1.04 bits per heavy atom. The quantitative estimate of drug-likeness (QED) is 0.229. The highest BCUT2D eigenvalue weighted by Crippen LogP contribution is 2.68. The third-order valence-corrected chi connectivity index (χ3v) is 11.9. The van der Waals surface area contributed by atoms with Crippen molar-refractivity contribution in [2.45, 2.75) is 71.7 Å². The molecule has 2 aromatic heterocycles. The Bertz CT molecular complexity index is 1960. The molecule has 8 atom stereocenters. The smallest absolute Gasteiger partial charge is 0.345 e. The predicted molar refractivity (Wildman–Crippen MR) is 178 cm³/mol. The van der Waals surface area contributed by atoms with Gasteiger partial charge in [0, 0.05) is 42.3 Å². The van der Waals surface area contributed by atoms with Crippen LogP contribution in [0.5, 0.6) is 5.75 Å². The van der Waals surface area contributed by atoms with Gasteiger partial charge in [-0.15, -0.1) is 0 Å². The molecule has 0 amide bonds. The van der Waals surface area contributed by atoms with Gasteiger partial charge in [-0.05, 0) is 78.5 Å². The number of carbonyl (C=O) groups is 2. The maximum absolute atomic E-state index is 14.0. The number of nitrogens with zero attached hydrogens (tertiary/aromatic N) is 1. The van der Waals surface area contributed by atoms with E-state index in [1.807, 2.05) is 43.3 Å². The van der Waals surface area contributed by atoms with Crippen LogP contribution in [0.25, 0.3) is 22.1 Å². The molecule has 2 saturated carbocycles. The van der Waals surface area contributed by atoms with E-state index in [4.69, 9.17) is 18.6 Å². The average Bonchev–Trinajstić information content (AvgIpc) is 3.06. The van der Waals surface area contributed by atoms with Crippen molar-refractivity contribution >= 4 is 22.7 Å². The van der Waals surface area contributed by atoms with Crippen LogP contribution in [0, 0.1) is 28.6 Å². The summed E-state index contributed by atoms with van der Waals surface area (Å²) in [6.07, 6.45) is 3.06. The molecule has 9 heteroatoms. The Hall–Kier alpha value is -4.50. The minimum absolute atomic E-state index is 0.0481. The van der Waals surface area contributed by atoms with Crippen molar-refractivity contribution in [3.05, 3.63) is 94.6 Å². The van der Waals surface area contributed by atoms with Crippen LogP contribution in [0.1, 0.15) is 75.9 Å². The van der Waals surface area contributed by atoms with Crippen LogP contribution >= 0.6 is 0 Å². The van der Waals surface area contributed by atoms with E-state index in [1.165, 1.54) is 6.92 Å². The Morgan fingerprint density at radius 3 is 2.54 bits per heavy atom. The predicted octanol–water partition coefficient (Wildman–Crippen LogP) is 6.91. The number of fused-ring (bicyclic) bond motifs is 5. The standard InChI is InChI=1S/C39H41NO8/c1-22-14-15-37(3)30(38(22,4)21-45-23(2)41)19-31(47-35(43)26-13-12-24-9-6-7-10-25(24)17-26)39(5)34(37)33(42)32-29(48-39)18-28(46-36(32)44)27-11-8-16-40-20-27/h6-13,16-18,20,22,30-31,33-34,42H,14-15,19,21H2,1-5H3/t22-,30?,31-,33-,34?,37-,38?,39+/m0/s1. The number of aromatic nitrogens is 1. The zero-order valence-electron chi connectivity index (χ0n) is 27.9. The molecule has 4 aromatic rings. The molecule has 0 bridgehead atoms. The van der Waals surface area contributed by atoms with Gasteiger partial charge in [0.25, 0.3) is 0 Å². The van der Waals surface area contributed by atoms with Gasteiger partial charge in [-0.2, -0.15) is 0 Å². The monoisotopic (exact) mass is 651 g/mol. The van der Waals surface area contributed by atoms with Crippen molar-refractivity contribution in [3.8, 4) is 17.1 Å². The largest absolute Gasteiger partial charge is 0.482 e. The Labute approximate surface area is 279 Å². The molecule has 3 heterocycles. The molecule has 2 fully saturated rings. The molecule has 48 heavy (non-hydrogen) atoms. The number of pyridine rings is 1. The molecule has 1 aliphatic heterocycles. The highest BCUT2D eigenvalue weighted by atomic mass is 16.6. The van der Waals surface area contributed by atoms with E-state index < -0.39 is 46.2 Å². The lowest BCUT2D eigenvalue weighted by Crippen LogP contribution is -2.70. The van der Waals surface area contributed by atoms with E-state index in [1.54, 1.807) is 36.7 Å². The maximum atomic E-state index is 14.0. The van der Waals surface area contributed by atoms with Gasteiger partial charge in [0.15, 0.2) is 0 Å². The summed E-state index contributed by atoms with van der Waals surface area (Å²) in [5.74, 6) is -1.09. The van der Waals surface area contributed by atoms with Crippen LogP contribution < -0.4 is 10.4 Å². The van der Waals surface area contributed by atoms with E-state index in [0.717, 1.165) is 23.6 Å². The second kappa shape index (κ2) is 11.6. The number of carbonyl (C=O) groups excluding carboxylic acids is 2. The minimum Gasteiger partial charge on any atom is -0.482 e. The molecule has 7 rings (SSSR count). The van der Waals surface area contributed by atoms with Crippen LogP contribution in [-0.2, 0) is 14.3 Å². The summed E-state index contributed by atoms with van der Waals surface area (Å²) in [6.45, 7) is 9.86. The third-order valence-electron chi connectivity index (χ3n) is 11.9. The molecular weight excluding hydrogens is 610 g/mol. The van der Waals surface area contributed by atoms with Crippen molar-refractivity contribution in [2.75, 3.05) is 6.61 Å². The highest BCUT2D eigenvalue weighted by Gasteiger charge is 2.70. The summed E-state index contributed by atoms with van der Waals surface area (Å²) in [7, 11) is 0. The Kier molecular flexibility index (Phi) is 7.74. The first-order valence-corrected chi connectivity index (χ1v) is 16.6. The number of rotatable bonds is 5. The molecule has 250 valence electrons. The number of benzene rings is 2. The molecule has 3 aliphatic rings. The van der Waals surface area contributed by atoms with Gasteiger partial charge in [0.05, 0.1) is 18.3 Å². The molecule has 3 unspecified atom stereocenters. The van der Waals surface area contributed by atoms with Crippen LogP contribution in [0.4, 0.5) is 0 Å². The summed E-state index contributed by atoms with van der Waals surface area (Å²) < 4.78 is 24.7. The normalized spacial score (nSPS) is 32.2. The summed E-state index contributed by atoms with van der Waals surface area (Å²) >= 11 is 0. The molecular formula is C39H41NO8. The summed E-state index contributed by atoms with van der Waals surface area (Å²) in [5, 5.41) is 14.2. The summed E-state index contributed by atoms with van der Waals surface area (Å²) in [5.41, 5.74) is -1.99. The first kappa shape index (κ1) is 32.1. The van der Waals surface area contributed by atoms with Crippen molar-refractivity contribution in [1.29, 1.82) is 0 Å².